The molecule has 0 saturated carbocycles. The molecular weight excluding hydrogens is 342 g/mol. The number of aromatic amines is 1. The molecule has 4 N–H and O–H groups in total. The van der Waals surface area contributed by atoms with Crippen molar-refractivity contribution in [2.24, 2.45) is 0 Å². The molecule has 1 atom stereocenters. The molecule has 132 valence electrons. The summed E-state index contributed by atoms with van der Waals surface area (Å²) in [5, 5.41) is 23.5. The second-order valence-electron chi connectivity index (χ2n) is 5.68. The van der Waals surface area contributed by atoms with Gasteiger partial charge in [0.1, 0.15) is 12.4 Å². The molecule has 3 aromatic rings. The molecule has 1 unspecified atom stereocenters. The number of hydrogen-bond acceptors (Lipinski definition) is 6. The normalized spacial score (nSPS) is 12.3. The Balaban J connectivity index is 1.70. The van der Waals surface area contributed by atoms with Gasteiger partial charge >= 0.3 is 0 Å². The highest BCUT2D eigenvalue weighted by atomic mass is 32.1. The average Bonchev–Trinajstić information content (AvgIpc) is 3.25. The van der Waals surface area contributed by atoms with Crippen molar-refractivity contribution in [3.63, 3.8) is 0 Å². The van der Waals surface area contributed by atoms with Crippen LogP contribution in [0.15, 0.2) is 29.1 Å². The quantitative estimate of drug-likeness (QED) is 0.510. The van der Waals surface area contributed by atoms with Crippen LogP contribution in [0.3, 0.4) is 0 Å². The summed E-state index contributed by atoms with van der Waals surface area (Å²) in [7, 11) is 0. The third-order valence-electron chi connectivity index (χ3n) is 3.76. The molecule has 8 heteroatoms. The van der Waals surface area contributed by atoms with E-state index in [1.54, 1.807) is 5.51 Å². The Bertz CT molecular complexity index is 860. The van der Waals surface area contributed by atoms with Crippen LogP contribution in [0.4, 0.5) is 0 Å². The fourth-order valence-corrected chi connectivity index (χ4v) is 2.97. The van der Waals surface area contributed by atoms with Gasteiger partial charge in [0.2, 0.25) is 0 Å². The Morgan fingerprint density at radius 1 is 1.44 bits per heavy atom. The second-order valence-corrected chi connectivity index (χ2v) is 6.40. The zero-order valence-corrected chi connectivity index (χ0v) is 14.5. The summed E-state index contributed by atoms with van der Waals surface area (Å²) in [5.41, 5.74) is 5.36. The van der Waals surface area contributed by atoms with E-state index in [0.717, 1.165) is 33.6 Å². The van der Waals surface area contributed by atoms with Crippen molar-refractivity contribution in [1.82, 2.24) is 15.3 Å². The fraction of sp³-hybridized carbons (Fsp3) is 0.294. The number of carbonyl (C=O) groups excluding carboxylic acids is 1. The zero-order valence-electron chi connectivity index (χ0n) is 13.7. The van der Waals surface area contributed by atoms with Crippen LogP contribution in [0.1, 0.15) is 17.0 Å². The first-order valence-electron chi connectivity index (χ1n) is 7.75. The molecular formula is C17H19N3O4S. The Morgan fingerprint density at radius 2 is 2.28 bits per heavy atom. The average molecular weight is 361 g/mol. The van der Waals surface area contributed by atoms with Crippen LogP contribution in [0.25, 0.3) is 10.9 Å². The van der Waals surface area contributed by atoms with E-state index in [1.807, 2.05) is 30.5 Å². The van der Waals surface area contributed by atoms with Gasteiger partial charge < -0.3 is 25.3 Å². The molecule has 0 aliphatic carbocycles. The lowest BCUT2D eigenvalue weighted by Crippen LogP contribution is -2.36. The molecule has 25 heavy (non-hydrogen) atoms. The Labute approximate surface area is 148 Å². The molecule has 0 saturated heterocycles. The highest BCUT2D eigenvalue weighted by Gasteiger charge is 2.13. The number of aromatic nitrogens is 2. The number of fused-ring (bicyclic) bond motifs is 1. The van der Waals surface area contributed by atoms with Crippen LogP contribution in [-0.2, 0) is 17.9 Å². The Kier molecular flexibility index (Phi) is 5.32. The lowest BCUT2D eigenvalue weighted by molar-refractivity contribution is -0.131. The minimum Gasteiger partial charge on any atom is -0.487 e. The van der Waals surface area contributed by atoms with Gasteiger partial charge in [-0.15, -0.1) is 11.3 Å². The first-order valence-corrected chi connectivity index (χ1v) is 8.70. The smallest absolute Gasteiger partial charge is 0.251 e. The van der Waals surface area contributed by atoms with Crippen LogP contribution < -0.4 is 10.1 Å². The van der Waals surface area contributed by atoms with Crippen LogP contribution in [0, 0.1) is 6.92 Å². The number of aryl methyl sites for hydroxylation is 1. The lowest BCUT2D eigenvalue weighted by Gasteiger charge is -2.08. The van der Waals surface area contributed by atoms with Crippen LogP contribution in [0.2, 0.25) is 0 Å². The maximum atomic E-state index is 11.5. The summed E-state index contributed by atoms with van der Waals surface area (Å²) >= 11 is 1.53. The summed E-state index contributed by atoms with van der Waals surface area (Å²) in [6.07, 6.45) is -1.41. The molecule has 2 heterocycles. The monoisotopic (exact) mass is 361 g/mol. The van der Waals surface area contributed by atoms with Crippen molar-refractivity contribution in [2.45, 2.75) is 26.2 Å². The van der Waals surface area contributed by atoms with Gasteiger partial charge in [-0.2, -0.15) is 0 Å². The van der Waals surface area contributed by atoms with E-state index in [9.17, 15) is 9.90 Å². The van der Waals surface area contributed by atoms with E-state index >= 15 is 0 Å². The van der Waals surface area contributed by atoms with Crippen LogP contribution >= 0.6 is 11.3 Å². The van der Waals surface area contributed by atoms with E-state index in [4.69, 9.17) is 9.84 Å². The van der Waals surface area contributed by atoms with Crippen molar-refractivity contribution in [2.75, 3.05) is 6.61 Å². The summed E-state index contributed by atoms with van der Waals surface area (Å²) in [5.74, 6) is 0.165. The Morgan fingerprint density at radius 3 is 3.00 bits per heavy atom. The number of thiazole rings is 1. The SMILES string of the molecule is Cc1cc2cc(CNC(=O)C(O)CO)[nH]c2cc1OCc1cscn1. The zero-order chi connectivity index (χ0) is 17.8. The molecule has 0 fully saturated rings. The predicted octanol–water partition coefficient (Wildman–Crippen LogP) is 1.48. The number of ether oxygens (including phenoxy) is 1. The number of rotatable bonds is 7. The van der Waals surface area contributed by atoms with E-state index < -0.39 is 18.6 Å². The van der Waals surface area contributed by atoms with Crippen LogP contribution in [0.5, 0.6) is 5.75 Å². The molecule has 7 nitrogen and oxygen atoms in total. The van der Waals surface area contributed by atoms with Crippen molar-refractivity contribution in [3.05, 3.63) is 46.0 Å². The largest absolute Gasteiger partial charge is 0.487 e. The van der Waals surface area contributed by atoms with Crippen molar-refractivity contribution < 1.29 is 19.7 Å². The number of benzene rings is 1. The molecule has 0 aliphatic rings. The molecule has 3 rings (SSSR count). The number of hydrogen-bond donors (Lipinski definition) is 4. The van der Waals surface area contributed by atoms with E-state index in [-0.39, 0.29) is 6.54 Å². The first-order chi connectivity index (χ1) is 12.1. The second kappa shape index (κ2) is 7.64. The minimum atomic E-state index is -1.41. The van der Waals surface area contributed by atoms with Gasteiger partial charge in [0.25, 0.3) is 5.91 Å². The molecule has 0 aliphatic heterocycles. The van der Waals surface area contributed by atoms with Gasteiger partial charge in [0, 0.05) is 28.0 Å². The molecule has 2 aromatic heterocycles. The maximum Gasteiger partial charge on any atom is 0.251 e. The van der Waals surface area contributed by atoms with Crippen molar-refractivity contribution in [1.29, 1.82) is 0 Å². The number of carbonyl (C=O) groups is 1. The fourth-order valence-electron chi connectivity index (χ4n) is 2.43. The molecule has 1 amide bonds. The maximum absolute atomic E-state index is 11.5. The third-order valence-corrected chi connectivity index (χ3v) is 4.40. The molecule has 0 spiro atoms. The number of nitrogens with one attached hydrogen (secondary N) is 2. The van der Waals surface area contributed by atoms with Crippen molar-refractivity contribution in [3.8, 4) is 5.75 Å². The number of nitrogens with zero attached hydrogens (tertiary/aromatic N) is 1. The predicted molar refractivity (Wildman–Crippen MR) is 94.4 cm³/mol. The highest BCUT2D eigenvalue weighted by molar-refractivity contribution is 7.07. The molecule has 0 radical (unpaired) electrons. The topological polar surface area (TPSA) is 107 Å². The van der Waals surface area contributed by atoms with Crippen LogP contribution in [-0.4, -0.2) is 38.8 Å². The van der Waals surface area contributed by atoms with E-state index in [2.05, 4.69) is 15.3 Å². The minimum absolute atomic E-state index is 0.235. The van der Waals surface area contributed by atoms with Crippen molar-refractivity contribution >= 4 is 28.1 Å². The van der Waals surface area contributed by atoms with Gasteiger partial charge in [-0.1, -0.05) is 0 Å². The van der Waals surface area contributed by atoms with Gasteiger partial charge in [-0.3, -0.25) is 4.79 Å². The van der Waals surface area contributed by atoms with Gasteiger partial charge in [-0.05, 0) is 24.6 Å². The van der Waals surface area contributed by atoms with Gasteiger partial charge in [-0.25, -0.2) is 4.98 Å². The molecule has 1 aromatic carbocycles. The van der Waals surface area contributed by atoms with E-state index in [0.29, 0.717) is 6.61 Å². The third kappa shape index (κ3) is 4.16. The molecule has 0 bridgehead atoms. The number of amides is 1. The van der Waals surface area contributed by atoms with Gasteiger partial charge in [0.15, 0.2) is 6.10 Å². The standard InChI is InChI=1S/C17H19N3O4S/c1-10-2-11-3-12(5-18-17(23)15(22)6-21)20-14(11)4-16(10)24-7-13-8-25-9-19-13/h2-4,8-9,15,20-22H,5-7H2,1H3,(H,18,23). The Hall–Kier alpha value is -2.42. The first kappa shape index (κ1) is 17.4. The van der Waals surface area contributed by atoms with Gasteiger partial charge in [0.05, 0.1) is 24.4 Å². The number of aliphatic hydroxyl groups is 2. The summed E-state index contributed by atoms with van der Waals surface area (Å²) in [6, 6.07) is 5.86. The number of aliphatic hydroxyl groups excluding tert-OH is 2. The number of H-pyrrole nitrogens is 1. The summed E-state index contributed by atoms with van der Waals surface area (Å²) < 4.78 is 5.84. The van der Waals surface area contributed by atoms with E-state index in [1.165, 1.54) is 11.3 Å². The lowest BCUT2D eigenvalue weighted by atomic mass is 10.1. The highest BCUT2D eigenvalue weighted by Crippen LogP contribution is 2.26. The summed E-state index contributed by atoms with van der Waals surface area (Å²) in [6.45, 7) is 2.02. The summed E-state index contributed by atoms with van der Waals surface area (Å²) in [4.78, 5) is 18.9.